The molecule has 0 spiro atoms. The van der Waals surface area contributed by atoms with Gasteiger partial charge in [0.15, 0.2) is 5.75 Å². The van der Waals surface area contributed by atoms with Gasteiger partial charge in [0, 0.05) is 0 Å². The molecule has 1 rings (SSSR count). The van der Waals surface area contributed by atoms with E-state index < -0.39 is 0 Å². The lowest BCUT2D eigenvalue weighted by Gasteiger charge is -2.23. The second kappa shape index (κ2) is 3.79. The fourth-order valence-electron chi connectivity index (χ4n) is 0.975. The highest BCUT2D eigenvalue weighted by molar-refractivity contribution is 5.10. The number of rotatable bonds is 4. The third-order valence-corrected chi connectivity index (χ3v) is 1.85. The molecule has 0 radical (unpaired) electrons. The van der Waals surface area contributed by atoms with Gasteiger partial charge < -0.3 is 9.22 Å². The summed E-state index contributed by atoms with van der Waals surface area (Å²) in [6.07, 6.45) is 3.64. The summed E-state index contributed by atoms with van der Waals surface area (Å²) in [4.78, 5) is 0. The van der Waals surface area contributed by atoms with Crippen LogP contribution >= 0.6 is 0 Å². The van der Waals surface area contributed by atoms with Crippen molar-refractivity contribution in [1.29, 1.82) is 0 Å². The molecule has 13 heavy (non-hydrogen) atoms. The van der Waals surface area contributed by atoms with Gasteiger partial charge in [0.25, 0.3) is 0 Å². The highest BCUT2D eigenvalue weighted by atomic mass is 16.5. The predicted molar refractivity (Wildman–Crippen MR) is 51.7 cm³/mol. The Morgan fingerprint density at radius 2 is 2.15 bits per heavy atom. The average molecular weight is 184 g/mol. The zero-order valence-corrected chi connectivity index (χ0v) is 8.82. The van der Waals surface area contributed by atoms with Gasteiger partial charge >= 0.3 is 0 Å². The van der Waals surface area contributed by atoms with E-state index >= 15 is 0 Å². The number of hydrogen-bond donors (Lipinski definition) is 0. The summed E-state index contributed by atoms with van der Waals surface area (Å²) in [7, 11) is 8.16. The summed E-state index contributed by atoms with van der Waals surface area (Å²) in [5, 5.41) is 4.17. The van der Waals surface area contributed by atoms with E-state index in [-0.39, 0.29) is 0 Å². The van der Waals surface area contributed by atoms with Crippen LogP contribution < -0.4 is 4.74 Å². The number of ether oxygens (including phenoxy) is 1. The largest absolute Gasteiger partial charge is 0.493 e. The van der Waals surface area contributed by atoms with Crippen molar-refractivity contribution in [3.8, 4) is 5.75 Å². The monoisotopic (exact) mass is 184 g/mol. The summed E-state index contributed by atoms with van der Waals surface area (Å²) in [6, 6.07) is 0. The van der Waals surface area contributed by atoms with E-state index in [0.717, 1.165) is 23.3 Å². The van der Waals surface area contributed by atoms with Crippen LogP contribution in [0.3, 0.4) is 0 Å². The van der Waals surface area contributed by atoms with Gasteiger partial charge in [0.2, 0.25) is 0 Å². The number of hydrogen-bond acceptors (Lipinski definition) is 2. The molecule has 74 valence electrons. The summed E-state index contributed by atoms with van der Waals surface area (Å²) in [5.74, 6) is 0.821. The smallest absolute Gasteiger partial charge is 0.156 e. The summed E-state index contributed by atoms with van der Waals surface area (Å²) in [6.45, 7) is 1.98. The SMILES string of the molecule is COc1cnn(CC[N+](C)(C)C)c1. The average Bonchev–Trinajstić information content (AvgIpc) is 2.47. The lowest BCUT2D eigenvalue weighted by Crippen LogP contribution is -2.37. The van der Waals surface area contributed by atoms with E-state index in [2.05, 4.69) is 26.2 Å². The van der Waals surface area contributed by atoms with Gasteiger partial charge in [-0.15, -0.1) is 0 Å². The van der Waals surface area contributed by atoms with Crippen LogP contribution in [0.1, 0.15) is 0 Å². The van der Waals surface area contributed by atoms with Gasteiger partial charge in [0.1, 0.15) is 0 Å². The third kappa shape index (κ3) is 3.46. The van der Waals surface area contributed by atoms with Crippen molar-refractivity contribution < 1.29 is 9.22 Å². The maximum Gasteiger partial charge on any atom is 0.156 e. The number of quaternary nitrogens is 1. The van der Waals surface area contributed by atoms with Crippen molar-refractivity contribution in [3.63, 3.8) is 0 Å². The summed E-state index contributed by atoms with van der Waals surface area (Å²) >= 11 is 0. The van der Waals surface area contributed by atoms with Crippen molar-refractivity contribution in [2.75, 3.05) is 34.8 Å². The van der Waals surface area contributed by atoms with Crippen molar-refractivity contribution >= 4 is 0 Å². The van der Waals surface area contributed by atoms with Gasteiger partial charge in [-0.05, 0) is 0 Å². The molecule has 0 aliphatic carbocycles. The first-order chi connectivity index (χ1) is 6.01. The molecule has 0 atom stereocenters. The molecule has 0 saturated heterocycles. The van der Waals surface area contributed by atoms with Crippen LogP contribution in [0.5, 0.6) is 5.75 Å². The van der Waals surface area contributed by atoms with Gasteiger partial charge in [-0.25, -0.2) is 0 Å². The van der Waals surface area contributed by atoms with Gasteiger partial charge in [-0.2, -0.15) is 5.10 Å². The molecule has 1 heterocycles. The normalized spacial score (nSPS) is 11.7. The third-order valence-electron chi connectivity index (χ3n) is 1.85. The first kappa shape index (κ1) is 10.1. The number of methoxy groups -OCH3 is 1. The molecule has 0 N–H and O–H groups in total. The van der Waals surface area contributed by atoms with Crippen molar-refractivity contribution in [2.45, 2.75) is 6.54 Å². The van der Waals surface area contributed by atoms with Crippen LogP contribution in [0.15, 0.2) is 12.4 Å². The van der Waals surface area contributed by atoms with Crippen LogP contribution in [0, 0.1) is 0 Å². The minimum Gasteiger partial charge on any atom is -0.493 e. The Hall–Kier alpha value is -1.03. The van der Waals surface area contributed by atoms with Crippen LogP contribution in [0.25, 0.3) is 0 Å². The summed E-state index contributed by atoms with van der Waals surface area (Å²) < 4.78 is 7.89. The van der Waals surface area contributed by atoms with Crippen LogP contribution in [-0.2, 0) is 6.54 Å². The predicted octanol–water partition coefficient (Wildman–Crippen LogP) is 0.598. The van der Waals surface area contributed by atoms with Crippen molar-refractivity contribution in [2.24, 2.45) is 0 Å². The van der Waals surface area contributed by atoms with Gasteiger partial charge in [-0.3, -0.25) is 4.68 Å². The molecule has 0 aliphatic heterocycles. The van der Waals surface area contributed by atoms with E-state index in [4.69, 9.17) is 4.74 Å². The molecule has 0 saturated carbocycles. The number of nitrogens with zero attached hydrogens (tertiary/aromatic N) is 3. The second-order valence-corrected chi connectivity index (χ2v) is 4.16. The van der Waals surface area contributed by atoms with E-state index in [0.29, 0.717) is 0 Å². The van der Waals surface area contributed by atoms with E-state index in [9.17, 15) is 0 Å². The molecule has 4 heteroatoms. The first-order valence-corrected chi connectivity index (χ1v) is 4.38. The lowest BCUT2D eigenvalue weighted by atomic mass is 10.5. The van der Waals surface area contributed by atoms with Crippen molar-refractivity contribution in [3.05, 3.63) is 12.4 Å². The second-order valence-electron chi connectivity index (χ2n) is 4.16. The quantitative estimate of drug-likeness (QED) is 0.641. The molecule has 0 aliphatic rings. The molecule has 0 fully saturated rings. The molecular weight excluding hydrogens is 166 g/mol. The molecule has 0 aromatic carbocycles. The Kier molecular flexibility index (Phi) is 2.93. The Labute approximate surface area is 79.3 Å². The maximum atomic E-state index is 5.04. The number of aromatic nitrogens is 2. The van der Waals surface area contributed by atoms with Crippen LogP contribution in [0.2, 0.25) is 0 Å². The fourth-order valence-corrected chi connectivity index (χ4v) is 0.975. The first-order valence-electron chi connectivity index (χ1n) is 4.38. The topological polar surface area (TPSA) is 27.1 Å². The fraction of sp³-hybridized carbons (Fsp3) is 0.667. The molecular formula is C9H18N3O+. The lowest BCUT2D eigenvalue weighted by molar-refractivity contribution is -0.871. The van der Waals surface area contributed by atoms with Gasteiger partial charge in [0.05, 0.1) is 53.7 Å². The molecule has 0 bridgehead atoms. The minimum atomic E-state index is 0.821. The molecule has 0 unspecified atom stereocenters. The highest BCUT2D eigenvalue weighted by Crippen LogP contribution is 2.06. The zero-order valence-electron chi connectivity index (χ0n) is 8.82. The van der Waals surface area contributed by atoms with Gasteiger partial charge in [-0.1, -0.05) is 0 Å². The Morgan fingerprint density at radius 1 is 1.46 bits per heavy atom. The van der Waals surface area contributed by atoms with E-state index in [1.54, 1.807) is 13.3 Å². The minimum absolute atomic E-state index is 0.821. The van der Waals surface area contributed by atoms with Crippen LogP contribution in [0.4, 0.5) is 0 Å². The highest BCUT2D eigenvalue weighted by Gasteiger charge is 2.07. The van der Waals surface area contributed by atoms with E-state index in [1.165, 1.54) is 0 Å². The Bertz CT molecular complexity index is 262. The number of likely N-dealkylation sites (N-methyl/N-ethyl adjacent to an activating group) is 1. The van der Waals surface area contributed by atoms with E-state index in [1.807, 2.05) is 10.9 Å². The van der Waals surface area contributed by atoms with Crippen LogP contribution in [-0.4, -0.2) is 49.1 Å². The standard InChI is InChI=1S/C9H18N3O/c1-12(2,3)6-5-11-8-9(13-4)7-10-11/h7-8H,5-6H2,1-4H3/q+1. The molecule has 1 aromatic heterocycles. The zero-order chi connectivity index (χ0) is 9.90. The maximum absolute atomic E-state index is 5.04. The van der Waals surface area contributed by atoms with Crippen molar-refractivity contribution in [1.82, 2.24) is 9.78 Å². The Balaban J connectivity index is 2.46. The summed E-state index contributed by atoms with van der Waals surface area (Å²) in [5.41, 5.74) is 0. The molecule has 1 aromatic rings. The Morgan fingerprint density at radius 3 is 2.62 bits per heavy atom. The molecule has 0 amide bonds. The molecule has 4 nitrogen and oxygen atoms in total.